The normalized spacial score (nSPS) is 11.0. The van der Waals surface area contributed by atoms with Crippen LogP contribution in [0.3, 0.4) is 0 Å². The van der Waals surface area contributed by atoms with Crippen molar-refractivity contribution in [2.75, 3.05) is 19.8 Å². The van der Waals surface area contributed by atoms with E-state index in [9.17, 15) is 4.79 Å². The van der Waals surface area contributed by atoms with Crippen molar-refractivity contribution in [3.63, 3.8) is 0 Å². The number of amidine groups is 1. The first kappa shape index (κ1) is 12.0. The van der Waals surface area contributed by atoms with Gasteiger partial charge in [-0.15, -0.1) is 0 Å². The fourth-order valence-electron chi connectivity index (χ4n) is 1.45. The van der Waals surface area contributed by atoms with Crippen LogP contribution in [0.5, 0.6) is 0 Å². The van der Waals surface area contributed by atoms with Crippen molar-refractivity contribution in [2.45, 2.75) is 0 Å². The number of nitrogen functional groups attached to an aromatic ring is 1. The summed E-state index contributed by atoms with van der Waals surface area (Å²) in [5.41, 5.74) is 7.43. The Bertz CT molecular complexity index is 450. The first-order valence-electron chi connectivity index (χ1n) is 4.85. The van der Waals surface area contributed by atoms with E-state index in [1.54, 1.807) is 32.3 Å². The maximum absolute atomic E-state index is 11.7. The lowest BCUT2D eigenvalue weighted by molar-refractivity contribution is 0.104. The lowest BCUT2D eigenvalue weighted by Crippen LogP contribution is -2.22. The molecule has 0 bridgehead atoms. The lowest BCUT2D eigenvalue weighted by Gasteiger charge is -2.10. The van der Waals surface area contributed by atoms with Gasteiger partial charge in [0.1, 0.15) is 5.84 Å². The molecule has 0 unspecified atom stereocenters. The van der Waals surface area contributed by atoms with Gasteiger partial charge in [0.2, 0.25) is 0 Å². The largest absolute Gasteiger partial charge is 0.399 e. The van der Waals surface area contributed by atoms with Crippen LogP contribution in [0.1, 0.15) is 15.9 Å². The molecule has 0 amide bonds. The Morgan fingerprint density at radius 3 is 2.69 bits per heavy atom. The number of rotatable bonds is 3. The summed E-state index contributed by atoms with van der Waals surface area (Å²) in [5.74, 6) is 0.476. The van der Waals surface area contributed by atoms with Gasteiger partial charge in [-0.3, -0.25) is 9.79 Å². The summed E-state index contributed by atoms with van der Waals surface area (Å²) in [7, 11) is 3.41. The smallest absolute Gasteiger partial charge is 0.186 e. The summed E-state index contributed by atoms with van der Waals surface area (Å²) in [6.45, 7) is 3.47. The number of nitrogens with one attached hydrogen (secondary N) is 1. The van der Waals surface area contributed by atoms with E-state index in [4.69, 9.17) is 5.73 Å². The molecule has 0 aliphatic carbocycles. The molecule has 0 aromatic heterocycles. The number of carbonyl (C=O) groups excluding carboxylic acids is 1. The third-order valence-electron chi connectivity index (χ3n) is 2.21. The standard InChI is InChI=1S/C12H15N3O/c1-4-11(16)10-7-8(13)5-6-9(10)12(14-2)15-3/h4-7H,1,13H2,2-3H3,(H,14,15). The number of nitrogens with two attached hydrogens (primary N) is 1. The van der Waals surface area contributed by atoms with E-state index in [-0.39, 0.29) is 5.78 Å². The topological polar surface area (TPSA) is 67.5 Å². The lowest BCUT2D eigenvalue weighted by atomic mass is 10.0. The van der Waals surface area contributed by atoms with Crippen LogP contribution in [-0.2, 0) is 0 Å². The Kier molecular flexibility index (Phi) is 3.83. The van der Waals surface area contributed by atoms with Crippen LogP contribution in [0.25, 0.3) is 0 Å². The van der Waals surface area contributed by atoms with Crippen LogP contribution in [0.4, 0.5) is 5.69 Å². The van der Waals surface area contributed by atoms with Gasteiger partial charge in [0, 0.05) is 30.9 Å². The minimum Gasteiger partial charge on any atom is -0.399 e. The van der Waals surface area contributed by atoms with Crippen LogP contribution < -0.4 is 11.1 Å². The predicted octanol–water partition coefficient (Wildman–Crippen LogP) is 1.23. The van der Waals surface area contributed by atoms with Crippen molar-refractivity contribution >= 4 is 17.3 Å². The molecule has 0 radical (unpaired) electrons. The minimum atomic E-state index is -0.168. The van der Waals surface area contributed by atoms with E-state index in [1.165, 1.54) is 6.08 Å². The second-order valence-electron chi connectivity index (χ2n) is 3.20. The number of allylic oxidation sites excluding steroid dienone is 1. The fourth-order valence-corrected chi connectivity index (χ4v) is 1.45. The molecular weight excluding hydrogens is 202 g/mol. The summed E-state index contributed by atoms with van der Waals surface area (Å²) in [6.07, 6.45) is 1.27. The number of ketones is 1. The number of hydrogen-bond donors (Lipinski definition) is 2. The fraction of sp³-hybridized carbons (Fsp3) is 0.167. The molecular formula is C12H15N3O. The predicted molar refractivity (Wildman–Crippen MR) is 66.9 cm³/mol. The first-order valence-corrected chi connectivity index (χ1v) is 4.85. The highest BCUT2D eigenvalue weighted by Gasteiger charge is 2.12. The molecule has 0 saturated heterocycles. The van der Waals surface area contributed by atoms with Gasteiger partial charge in [0.25, 0.3) is 0 Å². The molecule has 0 aliphatic rings. The van der Waals surface area contributed by atoms with Crippen molar-refractivity contribution < 1.29 is 4.79 Å². The minimum absolute atomic E-state index is 0.168. The van der Waals surface area contributed by atoms with E-state index >= 15 is 0 Å². The quantitative estimate of drug-likeness (QED) is 0.263. The molecule has 1 rings (SSSR count). The van der Waals surface area contributed by atoms with Crippen LogP contribution in [0.2, 0.25) is 0 Å². The van der Waals surface area contributed by atoms with Crippen LogP contribution >= 0.6 is 0 Å². The van der Waals surface area contributed by atoms with Gasteiger partial charge >= 0.3 is 0 Å². The van der Waals surface area contributed by atoms with Gasteiger partial charge in [-0.05, 0) is 24.3 Å². The number of nitrogens with zero attached hydrogens (tertiary/aromatic N) is 1. The van der Waals surface area contributed by atoms with Crippen LogP contribution in [-0.4, -0.2) is 25.7 Å². The Hall–Kier alpha value is -2.10. The van der Waals surface area contributed by atoms with E-state index in [0.717, 1.165) is 5.56 Å². The molecule has 4 heteroatoms. The summed E-state index contributed by atoms with van der Waals surface area (Å²) in [4.78, 5) is 15.7. The third-order valence-corrected chi connectivity index (χ3v) is 2.21. The third kappa shape index (κ3) is 2.28. The second-order valence-corrected chi connectivity index (χ2v) is 3.20. The SMILES string of the molecule is C=CC(=O)c1cc(N)ccc1C(=NC)NC. The number of aliphatic imine (C=N–C) groups is 1. The van der Waals surface area contributed by atoms with Crippen LogP contribution in [0, 0.1) is 0 Å². The maximum atomic E-state index is 11.7. The molecule has 84 valence electrons. The molecule has 0 fully saturated rings. The van der Waals surface area contributed by atoms with E-state index < -0.39 is 0 Å². The Morgan fingerprint density at radius 2 is 2.19 bits per heavy atom. The molecule has 1 aromatic rings. The summed E-state index contributed by atoms with van der Waals surface area (Å²) < 4.78 is 0. The molecule has 0 atom stereocenters. The summed E-state index contributed by atoms with van der Waals surface area (Å²) >= 11 is 0. The zero-order chi connectivity index (χ0) is 12.1. The maximum Gasteiger partial charge on any atom is 0.186 e. The van der Waals surface area contributed by atoms with E-state index in [2.05, 4.69) is 16.9 Å². The number of hydrogen-bond acceptors (Lipinski definition) is 3. The van der Waals surface area contributed by atoms with Crippen molar-refractivity contribution in [1.29, 1.82) is 0 Å². The molecule has 0 aliphatic heterocycles. The summed E-state index contributed by atoms with van der Waals surface area (Å²) in [6, 6.07) is 5.13. The van der Waals surface area contributed by atoms with Crippen molar-refractivity contribution in [2.24, 2.45) is 4.99 Å². The molecule has 0 saturated carbocycles. The monoisotopic (exact) mass is 217 g/mol. The average Bonchev–Trinajstić information content (AvgIpc) is 2.31. The van der Waals surface area contributed by atoms with Crippen molar-refractivity contribution in [1.82, 2.24) is 5.32 Å². The average molecular weight is 217 g/mol. The molecule has 0 heterocycles. The number of carbonyl (C=O) groups is 1. The molecule has 16 heavy (non-hydrogen) atoms. The highest BCUT2D eigenvalue weighted by Crippen LogP contribution is 2.15. The zero-order valence-electron chi connectivity index (χ0n) is 9.45. The Morgan fingerprint density at radius 1 is 1.50 bits per heavy atom. The van der Waals surface area contributed by atoms with Gasteiger partial charge in [0.15, 0.2) is 5.78 Å². The van der Waals surface area contributed by atoms with Crippen molar-refractivity contribution in [3.8, 4) is 0 Å². The molecule has 3 N–H and O–H groups in total. The molecule has 1 aromatic carbocycles. The summed E-state index contributed by atoms with van der Waals surface area (Å²) in [5, 5.41) is 2.93. The van der Waals surface area contributed by atoms with Crippen molar-refractivity contribution in [3.05, 3.63) is 42.0 Å². The van der Waals surface area contributed by atoms with Crippen LogP contribution in [0.15, 0.2) is 35.8 Å². The zero-order valence-corrected chi connectivity index (χ0v) is 9.45. The van der Waals surface area contributed by atoms with Gasteiger partial charge in [-0.25, -0.2) is 0 Å². The Labute approximate surface area is 94.9 Å². The van der Waals surface area contributed by atoms with E-state index in [0.29, 0.717) is 17.1 Å². The van der Waals surface area contributed by atoms with Gasteiger partial charge in [-0.2, -0.15) is 0 Å². The highest BCUT2D eigenvalue weighted by molar-refractivity contribution is 6.14. The van der Waals surface area contributed by atoms with Gasteiger partial charge < -0.3 is 11.1 Å². The second kappa shape index (κ2) is 5.11. The number of anilines is 1. The highest BCUT2D eigenvalue weighted by atomic mass is 16.1. The van der Waals surface area contributed by atoms with E-state index in [1.807, 2.05) is 0 Å². The van der Waals surface area contributed by atoms with Gasteiger partial charge in [-0.1, -0.05) is 6.58 Å². The Balaban J connectivity index is 3.38. The first-order chi connectivity index (χ1) is 7.63. The molecule has 0 spiro atoms. The van der Waals surface area contributed by atoms with Gasteiger partial charge in [0.05, 0.1) is 0 Å². The molecule has 4 nitrogen and oxygen atoms in total. The number of benzene rings is 1.